The molecule has 0 radical (unpaired) electrons. The summed E-state index contributed by atoms with van der Waals surface area (Å²) in [6.45, 7) is 0. The Bertz CT molecular complexity index is 239. The number of ketones is 1. The molecule has 0 amide bonds. The van der Waals surface area contributed by atoms with Crippen LogP contribution in [-0.4, -0.2) is 23.3 Å². The first kappa shape index (κ1) is 13.5. The molecule has 0 aromatic rings. The Morgan fingerprint density at radius 1 is 0.857 bits per heavy atom. The summed E-state index contributed by atoms with van der Waals surface area (Å²) in [6, 6.07) is 0. The van der Waals surface area contributed by atoms with E-state index in [0.717, 1.165) is 25.7 Å². The van der Waals surface area contributed by atoms with Gasteiger partial charge in [-0.2, -0.15) is 8.42 Å². The van der Waals surface area contributed by atoms with Crippen LogP contribution in [0.25, 0.3) is 0 Å². The van der Waals surface area contributed by atoms with Gasteiger partial charge in [0.15, 0.2) is 0 Å². The number of hydrogen-bond donors (Lipinski definition) is 2. The van der Waals surface area contributed by atoms with Crippen LogP contribution in [0, 0.1) is 0 Å². The fourth-order valence-electron chi connectivity index (χ4n) is 1.30. The minimum atomic E-state index is -4.67. The second kappa shape index (κ2) is 6.92. The van der Waals surface area contributed by atoms with E-state index in [1.807, 2.05) is 0 Å². The first-order valence-electron chi connectivity index (χ1n) is 4.61. The molecule has 0 unspecified atom stereocenters. The van der Waals surface area contributed by atoms with Crippen LogP contribution < -0.4 is 0 Å². The van der Waals surface area contributed by atoms with Gasteiger partial charge in [0.25, 0.3) is 0 Å². The Hall–Kier alpha value is -0.460. The fourth-order valence-corrected chi connectivity index (χ4v) is 1.30. The third-order valence-electron chi connectivity index (χ3n) is 1.91. The Kier molecular flexibility index (Phi) is 6.69. The van der Waals surface area contributed by atoms with E-state index in [2.05, 4.69) is 0 Å². The lowest BCUT2D eigenvalue weighted by Gasteiger charge is -2.05. The zero-order chi connectivity index (χ0) is 11.0. The lowest BCUT2D eigenvalue weighted by molar-refractivity contribution is -0.119. The highest BCUT2D eigenvalue weighted by atomic mass is 32.3. The van der Waals surface area contributed by atoms with Crippen LogP contribution >= 0.6 is 0 Å². The predicted molar refractivity (Wildman–Crippen MR) is 51.5 cm³/mol. The standard InChI is InChI=1S/C8H14O.H2O4S/c9-8-6-4-2-1-3-5-7-8;1-5(2,3)4/h1-7H2;(H2,1,2,3,4). The molecular formula is C8H16O5S. The van der Waals surface area contributed by atoms with Crippen LogP contribution in [0.2, 0.25) is 0 Å². The van der Waals surface area contributed by atoms with Crippen molar-refractivity contribution in [3.8, 4) is 0 Å². The van der Waals surface area contributed by atoms with Gasteiger partial charge in [-0.15, -0.1) is 0 Å². The molecule has 2 N–H and O–H groups in total. The Morgan fingerprint density at radius 3 is 1.50 bits per heavy atom. The van der Waals surface area contributed by atoms with Crippen LogP contribution in [0.5, 0.6) is 0 Å². The van der Waals surface area contributed by atoms with Crippen molar-refractivity contribution in [1.82, 2.24) is 0 Å². The molecule has 6 heteroatoms. The van der Waals surface area contributed by atoms with E-state index in [1.54, 1.807) is 0 Å². The van der Waals surface area contributed by atoms with Crippen molar-refractivity contribution in [2.75, 3.05) is 0 Å². The lowest BCUT2D eigenvalue weighted by Crippen LogP contribution is -2.00. The minimum Gasteiger partial charge on any atom is -0.300 e. The molecular weight excluding hydrogens is 208 g/mol. The van der Waals surface area contributed by atoms with Gasteiger partial charge in [-0.1, -0.05) is 19.3 Å². The van der Waals surface area contributed by atoms with Gasteiger partial charge in [0.2, 0.25) is 0 Å². The van der Waals surface area contributed by atoms with E-state index in [4.69, 9.17) is 17.5 Å². The molecule has 14 heavy (non-hydrogen) atoms. The van der Waals surface area contributed by atoms with Crippen LogP contribution in [0.4, 0.5) is 0 Å². The van der Waals surface area contributed by atoms with Gasteiger partial charge in [-0.25, -0.2) is 0 Å². The molecule has 0 aromatic heterocycles. The van der Waals surface area contributed by atoms with E-state index in [9.17, 15) is 4.79 Å². The van der Waals surface area contributed by atoms with Gasteiger partial charge in [0.1, 0.15) is 5.78 Å². The number of rotatable bonds is 0. The van der Waals surface area contributed by atoms with E-state index in [1.165, 1.54) is 19.3 Å². The van der Waals surface area contributed by atoms with Crippen LogP contribution in [0.15, 0.2) is 0 Å². The highest BCUT2D eigenvalue weighted by Gasteiger charge is 2.04. The Balaban J connectivity index is 0.000000292. The molecule has 5 nitrogen and oxygen atoms in total. The molecule has 1 fully saturated rings. The zero-order valence-electron chi connectivity index (χ0n) is 7.98. The molecule has 0 aliphatic heterocycles. The number of carbonyl (C=O) groups excluding carboxylic acids is 1. The molecule has 1 aliphatic carbocycles. The number of carbonyl (C=O) groups is 1. The fraction of sp³-hybridized carbons (Fsp3) is 0.875. The average molecular weight is 224 g/mol. The van der Waals surface area contributed by atoms with Crippen LogP contribution in [0.3, 0.4) is 0 Å². The number of hydrogen-bond acceptors (Lipinski definition) is 3. The smallest absolute Gasteiger partial charge is 0.300 e. The zero-order valence-corrected chi connectivity index (χ0v) is 8.79. The largest absolute Gasteiger partial charge is 0.394 e. The summed E-state index contributed by atoms with van der Waals surface area (Å²) in [7, 11) is -4.67. The molecule has 84 valence electrons. The van der Waals surface area contributed by atoms with Crippen molar-refractivity contribution >= 4 is 16.2 Å². The van der Waals surface area contributed by atoms with Crippen LogP contribution in [0.1, 0.15) is 44.9 Å². The Labute approximate surface area is 84.1 Å². The summed E-state index contributed by atoms with van der Waals surface area (Å²) in [5.41, 5.74) is 0. The van der Waals surface area contributed by atoms with E-state index in [0.29, 0.717) is 5.78 Å². The highest BCUT2D eigenvalue weighted by Crippen LogP contribution is 2.13. The monoisotopic (exact) mass is 224 g/mol. The van der Waals surface area contributed by atoms with Gasteiger partial charge in [-0.3, -0.25) is 13.9 Å². The maximum atomic E-state index is 10.8. The van der Waals surface area contributed by atoms with Gasteiger partial charge >= 0.3 is 10.4 Å². The van der Waals surface area contributed by atoms with Crippen molar-refractivity contribution < 1.29 is 22.3 Å². The second-order valence-corrected chi connectivity index (χ2v) is 4.15. The van der Waals surface area contributed by atoms with Crippen LogP contribution in [-0.2, 0) is 15.2 Å². The molecule has 0 saturated heterocycles. The Morgan fingerprint density at radius 2 is 1.14 bits per heavy atom. The molecule has 0 spiro atoms. The maximum Gasteiger partial charge on any atom is 0.394 e. The normalized spacial score (nSPS) is 18.9. The van der Waals surface area contributed by atoms with Crippen molar-refractivity contribution in [3.05, 3.63) is 0 Å². The van der Waals surface area contributed by atoms with Crippen molar-refractivity contribution in [3.63, 3.8) is 0 Å². The summed E-state index contributed by atoms with van der Waals surface area (Å²) in [5.74, 6) is 0.481. The summed E-state index contributed by atoms with van der Waals surface area (Å²) >= 11 is 0. The second-order valence-electron chi connectivity index (χ2n) is 3.25. The SMILES string of the molecule is O=C1CCCCCCC1.O=S(=O)(O)O. The molecule has 1 saturated carbocycles. The van der Waals surface area contributed by atoms with Gasteiger partial charge in [-0.05, 0) is 12.8 Å². The van der Waals surface area contributed by atoms with E-state index < -0.39 is 10.4 Å². The third-order valence-corrected chi connectivity index (χ3v) is 1.91. The summed E-state index contributed by atoms with van der Waals surface area (Å²) in [5, 5.41) is 0. The maximum absolute atomic E-state index is 10.8. The lowest BCUT2D eigenvalue weighted by atomic mass is 10.0. The summed E-state index contributed by atoms with van der Waals surface area (Å²) in [6.07, 6.45) is 7.85. The topological polar surface area (TPSA) is 91.7 Å². The molecule has 0 bridgehead atoms. The van der Waals surface area contributed by atoms with Crippen molar-refractivity contribution in [1.29, 1.82) is 0 Å². The number of Topliss-reactive ketones (excluding diaryl/α,β-unsaturated/α-hetero) is 1. The van der Waals surface area contributed by atoms with E-state index in [-0.39, 0.29) is 0 Å². The molecule has 0 aromatic carbocycles. The van der Waals surface area contributed by atoms with Crippen molar-refractivity contribution in [2.24, 2.45) is 0 Å². The molecule has 1 aliphatic rings. The van der Waals surface area contributed by atoms with E-state index >= 15 is 0 Å². The van der Waals surface area contributed by atoms with Gasteiger partial charge < -0.3 is 0 Å². The van der Waals surface area contributed by atoms with Gasteiger partial charge in [0, 0.05) is 12.8 Å². The summed E-state index contributed by atoms with van der Waals surface area (Å²) < 4.78 is 31.6. The molecule has 1 rings (SSSR count). The highest BCUT2D eigenvalue weighted by molar-refractivity contribution is 7.79. The summed E-state index contributed by atoms with van der Waals surface area (Å²) in [4.78, 5) is 10.8. The predicted octanol–water partition coefficient (Wildman–Crippen LogP) is 1.65. The minimum absolute atomic E-state index is 0.481. The third kappa shape index (κ3) is 14.1. The molecule has 0 heterocycles. The quantitative estimate of drug-likeness (QED) is 0.610. The average Bonchev–Trinajstić information content (AvgIpc) is 1.93. The first-order valence-corrected chi connectivity index (χ1v) is 6.01. The van der Waals surface area contributed by atoms with Crippen molar-refractivity contribution in [2.45, 2.75) is 44.9 Å². The first-order chi connectivity index (χ1) is 6.39. The molecule has 0 atom stereocenters. The van der Waals surface area contributed by atoms with Gasteiger partial charge in [0.05, 0.1) is 0 Å².